The fourth-order valence-corrected chi connectivity index (χ4v) is 2.97. The van der Waals surface area contributed by atoms with E-state index in [9.17, 15) is 15.0 Å². The molecule has 0 saturated heterocycles. The summed E-state index contributed by atoms with van der Waals surface area (Å²) in [6.07, 6.45) is 0. The van der Waals surface area contributed by atoms with Gasteiger partial charge in [0.15, 0.2) is 11.5 Å². The molecule has 0 heterocycles. The van der Waals surface area contributed by atoms with Crippen LogP contribution in [0.5, 0.6) is 17.2 Å². The molecule has 0 radical (unpaired) electrons. The maximum Gasteiger partial charge on any atom is 0.341 e. The number of fused-ring (bicyclic) bond motifs is 1. The minimum absolute atomic E-state index is 0.0380. The number of hydrogen-bond donors (Lipinski definition) is 2. The molecule has 2 N–H and O–H groups in total. The highest BCUT2D eigenvalue weighted by Gasteiger charge is 2.23. The van der Waals surface area contributed by atoms with Crippen molar-refractivity contribution >= 4 is 16.7 Å². The first-order valence-corrected chi connectivity index (χ1v) is 7.69. The minimum Gasteiger partial charge on any atom is -0.506 e. The normalized spacial score (nSPS) is 10.7. The molecule has 0 spiro atoms. The molecule has 0 amide bonds. The van der Waals surface area contributed by atoms with E-state index >= 15 is 0 Å². The number of carbonyl (C=O) groups is 1. The Bertz CT molecular complexity index is 975. The van der Waals surface area contributed by atoms with Crippen LogP contribution in [0, 0.1) is 6.92 Å². The molecule has 5 nitrogen and oxygen atoms in total. The molecule has 3 aromatic carbocycles. The lowest BCUT2D eigenvalue weighted by Crippen LogP contribution is -2.03. The van der Waals surface area contributed by atoms with Crippen molar-refractivity contribution in [3.8, 4) is 28.4 Å². The zero-order valence-corrected chi connectivity index (χ0v) is 14.2. The van der Waals surface area contributed by atoms with E-state index in [0.29, 0.717) is 22.3 Å². The van der Waals surface area contributed by atoms with Crippen molar-refractivity contribution in [2.24, 2.45) is 0 Å². The Labute approximate surface area is 145 Å². The van der Waals surface area contributed by atoms with Crippen molar-refractivity contribution < 1.29 is 24.5 Å². The first-order chi connectivity index (χ1) is 12.0. The summed E-state index contributed by atoms with van der Waals surface area (Å²) < 4.78 is 9.99. The first-order valence-electron chi connectivity index (χ1n) is 7.69. The number of phenols is 2. The number of hydrogen-bond acceptors (Lipinski definition) is 5. The van der Waals surface area contributed by atoms with E-state index in [1.54, 1.807) is 18.2 Å². The predicted molar refractivity (Wildman–Crippen MR) is 95.3 cm³/mol. The number of aryl methyl sites for hydroxylation is 1. The molecule has 0 fully saturated rings. The summed E-state index contributed by atoms with van der Waals surface area (Å²) in [5.74, 6) is -0.699. The second-order valence-electron chi connectivity index (χ2n) is 5.72. The van der Waals surface area contributed by atoms with Gasteiger partial charge in [0.2, 0.25) is 0 Å². The van der Waals surface area contributed by atoms with Crippen molar-refractivity contribution in [2.75, 3.05) is 14.2 Å². The van der Waals surface area contributed by atoms with Crippen LogP contribution in [-0.4, -0.2) is 30.4 Å². The van der Waals surface area contributed by atoms with Crippen molar-refractivity contribution in [1.82, 2.24) is 0 Å². The van der Waals surface area contributed by atoms with Gasteiger partial charge >= 0.3 is 5.97 Å². The topological polar surface area (TPSA) is 76.0 Å². The largest absolute Gasteiger partial charge is 0.506 e. The number of phenolic OH excluding ortho intramolecular Hbond substituents is 2. The van der Waals surface area contributed by atoms with Crippen molar-refractivity contribution in [2.45, 2.75) is 6.92 Å². The number of aromatic hydroxyl groups is 2. The zero-order valence-electron chi connectivity index (χ0n) is 14.2. The summed E-state index contributed by atoms with van der Waals surface area (Å²) in [6.45, 7) is 1.86. The van der Waals surface area contributed by atoms with E-state index in [2.05, 4.69) is 0 Å². The van der Waals surface area contributed by atoms with E-state index in [4.69, 9.17) is 9.47 Å². The molecule has 0 bridgehead atoms. The zero-order chi connectivity index (χ0) is 18.1. The Balaban J connectivity index is 2.46. The van der Waals surface area contributed by atoms with Crippen LogP contribution in [0.3, 0.4) is 0 Å². The number of esters is 1. The quantitative estimate of drug-likeness (QED) is 0.705. The Morgan fingerprint density at radius 1 is 1.00 bits per heavy atom. The van der Waals surface area contributed by atoms with Gasteiger partial charge in [-0.3, -0.25) is 0 Å². The average Bonchev–Trinajstić information content (AvgIpc) is 2.62. The fourth-order valence-electron chi connectivity index (χ4n) is 2.97. The molecular formula is C20H18O5. The van der Waals surface area contributed by atoms with Gasteiger partial charge in [-0.05, 0) is 41.5 Å². The molecule has 0 aromatic heterocycles. The van der Waals surface area contributed by atoms with E-state index in [0.717, 1.165) is 10.9 Å². The summed E-state index contributed by atoms with van der Waals surface area (Å²) in [5.41, 5.74) is 1.63. The van der Waals surface area contributed by atoms with Gasteiger partial charge in [-0.15, -0.1) is 0 Å². The molecule has 0 aliphatic rings. The summed E-state index contributed by atoms with van der Waals surface area (Å²) >= 11 is 0. The number of ether oxygens (including phenoxy) is 2. The van der Waals surface area contributed by atoms with Crippen LogP contribution in [0.1, 0.15) is 15.9 Å². The molecule has 0 saturated carbocycles. The standard InChI is InChI=1S/C20H18O5/c1-11-8-14(18(21)16(9-11)24-2)17-13-7-5-4-6-12(13)10-15(19(17)22)20(23)25-3/h4-10,21-22H,1-3H3. The van der Waals surface area contributed by atoms with Gasteiger partial charge in [-0.1, -0.05) is 24.3 Å². The molecule has 0 unspecified atom stereocenters. The van der Waals surface area contributed by atoms with Crippen molar-refractivity contribution in [3.63, 3.8) is 0 Å². The van der Waals surface area contributed by atoms with Gasteiger partial charge in [-0.2, -0.15) is 0 Å². The number of methoxy groups -OCH3 is 2. The Kier molecular flexibility index (Phi) is 4.23. The van der Waals surface area contributed by atoms with Gasteiger partial charge in [0.1, 0.15) is 11.3 Å². The average molecular weight is 338 g/mol. The van der Waals surface area contributed by atoms with Crippen LogP contribution >= 0.6 is 0 Å². The van der Waals surface area contributed by atoms with Crippen LogP contribution in [0.15, 0.2) is 42.5 Å². The summed E-state index contributed by atoms with van der Waals surface area (Å²) in [7, 11) is 2.71. The van der Waals surface area contributed by atoms with E-state index in [-0.39, 0.29) is 17.1 Å². The second kappa shape index (κ2) is 6.36. The lowest BCUT2D eigenvalue weighted by Gasteiger charge is -2.16. The second-order valence-corrected chi connectivity index (χ2v) is 5.72. The summed E-state index contributed by atoms with van der Waals surface area (Å²) in [4.78, 5) is 12.1. The Morgan fingerprint density at radius 2 is 1.72 bits per heavy atom. The highest BCUT2D eigenvalue weighted by molar-refractivity contribution is 6.08. The van der Waals surface area contributed by atoms with Gasteiger partial charge < -0.3 is 19.7 Å². The third-order valence-electron chi connectivity index (χ3n) is 4.14. The Hall–Kier alpha value is -3.21. The molecule has 3 aromatic rings. The number of carbonyl (C=O) groups excluding carboxylic acids is 1. The molecule has 5 heteroatoms. The first kappa shape index (κ1) is 16.6. The third-order valence-corrected chi connectivity index (χ3v) is 4.14. The van der Waals surface area contributed by atoms with E-state index < -0.39 is 5.97 Å². The molecular weight excluding hydrogens is 320 g/mol. The fraction of sp³-hybridized carbons (Fsp3) is 0.150. The van der Waals surface area contributed by atoms with Crippen molar-refractivity contribution in [3.05, 3.63) is 53.6 Å². The Morgan fingerprint density at radius 3 is 2.40 bits per heavy atom. The van der Waals surface area contributed by atoms with Gasteiger partial charge in [0, 0.05) is 11.1 Å². The van der Waals surface area contributed by atoms with Crippen molar-refractivity contribution in [1.29, 1.82) is 0 Å². The highest BCUT2D eigenvalue weighted by Crippen LogP contribution is 2.46. The summed E-state index contributed by atoms with van der Waals surface area (Å²) in [5, 5.41) is 22.8. The van der Waals surface area contributed by atoms with Gasteiger partial charge in [0.25, 0.3) is 0 Å². The number of benzene rings is 3. The van der Waals surface area contributed by atoms with Gasteiger partial charge in [0.05, 0.1) is 14.2 Å². The monoisotopic (exact) mass is 338 g/mol. The van der Waals surface area contributed by atoms with E-state index in [1.807, 2.05) is 31.2 Å². The lowest BCUT2D eigenvalue weighted by atomic mass is 9.92. The van der Waals surface area contributed by atoms with Crippen LogP contribution in [0.4, 0.5) is 0 Å². The number of rotatable bonds is 3. The SMILES string of the molecule is COC(=O)c1cc2ccccc2c(-c2cc(C)cc(OC)c2O)c1O. The lowest BCUT2D eigenvalue weighted by molar-refractivity contribution is 0.0597. The van der Waals surface area contributed by atoms with Crippen LogP contribution in [0.2, 0.25) is 0 Å². The molecule has 0 aliphatic carbocycles. The van der Waals surface area contributed by atoms with Crippen LogP contribution in [0.25, 0.3) is 21.9 Å². The predicted octanol–water partition coefficient (Wildman–Crippen LogP) is 4.02. The molecule has 128 valence electrons. The van der Waals surface area contributed by atoms with E-state index in [1.165, 1.54) is 14.2 Å². The van der Waals surface area contributed by atoms with Crippen LogP contribution in [-0.2, 0) is 4.74 Å². The maximum absolute atomic E-state index is 12.1. The smallest absolute Gasteiger partial charge is 0.341 e. The van der Waals surface area contributed by atoms with Gasteiger partial charge in [-0.25, -0.2) is 4.79 Å². The molecule has 25 heavy (non-hydrogen) atoms. The molecule has 0 aliphatic heterocycles. The maximum atomic E-state index is 12.1. The molecule has 3 rings (SSSR count). The highest BCUT2D eigenvalue weighted by atomic mass is 16.5. The molecule has 0 atom stereocenters. The minimum atomic E-state index is -0.649. The summed E-state index contributed by atoms with van der Waals surface area (Å²) in [6, 6.07) is 12.3. The third kappa shape index (κ3) is 2.74. The van der Waals surface area contributed by atoms with Crippen LogP contribution < -0.4 is 4.74 Å².